The van der Waals surface area contributed by atoms with Crippen LogP contribution in [0.15, 0.2) is 24.5 Å². The van der Waals surface area contributed by atoms with E-state index in [0.717, 1.165) is 35.1 Å². The van der Waals surface area contributed by atoms with Gasteiger partial charge in [0.15, 0.2) is 5.82 Å². The second kappa shape index (κ2) is 6.59. The molecule has 5 nitrogen and oxygen atoms in total. The zero-order valence-corrected chi connectivity index (χ0v) is 16.0. The molecule has 3 aromatic rings. The van der Waals surface area contributed by atoms with E-state index in [-0.39, 0.29) is 0 Å². The van der Waals surface area contributed by atoms with Crippen LogP contribution in [0, 0.1) is 0 Å². The van der Waals surface area contributed by atoms with Gasteiger partial charge in [0.1, 0.15) is 10.6 Å². The molecular weight excluding hydrogens is 342 g/mol. The number of aryl methyl sites for hydroxylation is 2. The van der Waals surface area contributed by atoms with Crippen LogP contribution in [0.1, 0.15) is 23.3 Å². The van der Waals surface area contributed by atoms with Crippen molar-refractivity contribution in [2.45, 2.75) is 25.7 Å². The highest BCUT2D eigenvalue weighted by atomic mass is 32.1. The fourth-order valence-corrected chi connectivity index (χ4v) is 5.43. The average molecular weight is 367 g/mol. The van der Waals surface area contributed by atoms with Crippen molar-refractivity contribution in [1.82, 2.24) is 15.0 Å². The van der Waals surface area contributed by atoms with Crippen LogP contribution in [-0.4, -0.2) is 48.2 Å². The first-order valence-electron chi connectivity index (χ1n) is 9.58. The molecule has 4 heterocycles. The second-order valence-electron chi connectivity index (χ2n) is 7.45. The number of anilines is 1. The molecule has 0 saturated carbocycles. The van der Waals surface area contributed by atoms with E-state index in [9.17, 15) is 0 Å². The Morgan fingerprint density at radius 1 is 1.12 bits per heavy atom. The summed E-state index contributed by atoms with van der Waals surface area (Å²) in [5, 5.41) is 1.33. The van der Waals surface area contributed by atoms with Crippen molar-refractivity contribution in [3.8, 4) is 11.4 Å². The lowest BCUT2D eigenvalue weighted by Gasteiger charge is -2.22. The van der Waals surface area contributed by atoms with Gasteiger partial charge in [0.2, 0.25) is 0 Å². The molecule has 1 atom stereocenters. The maximum Gasteiger partial charge on any atom is 0.164 e. The van der Waals surface area contributed by atoms with Crippen molar-refractivity contribution in [3.63, 3.8) is 0 Å². The summed E-state index contributed by atoms with van der Waals surface area (Å²) < 4.78 is 0. The summed E-state index contributed by atoms with van der Waals surface area (Å²) in [6.07, 6.45) is 8.53. The van der Waals surface area contributed by atoms with Crippen LogP contribution >= 0.6 is 11.3 Å². The predicted octanol–water partition coefficient (Wildman–Crippen LogP) is 1.97. The number of nitrogens with one attached hydrogen (secondary N) is 1. The van der Waals surface area contributed by atoms with E-state index in [0.29, 0.717) is 0 Å². The number of fused-ring (bicyclic) bond motifs is 3. The van der Waals surface area contributed by atoms with Crippen molar-refractivity contribution in [1.29, 1.82) is 0 Å². The highest BCUT2D eigenvalue weighted by Gasteiger charge is 2.26. The number of aromatic nitrogens is 3. The molecule has 1 saturated heterocycles. The van der Waals surface area contributed by atoms with Crippen molar-refractivity contribution in [2.24, 2.45) is 0 Å². The SMILES string of the molecule is C[NH+]1CCCN(c2nc(-c3cccnc3)nc3sc4c(c23)CCC4)CC1. The Hall–Kier alpha value is -2.05. The molecule has 0 bridgehead atoms. The van der Waals surface area contributed by atoms with Crippen LogP contribution in [0.2, 0.25) is 0 Å². The summed E-state index contributed by atoms with van der Waals surface area (Å²) in [6.45, 7) is 4.55. The zero-order chi connectivity index (χ0) is 17.5. The Balaban J connectivity index is 1.68. The van der Waals surface area contributed by atoms with Crippen molar-refractivity contribution in [2.75, 3.05) is 38.1 Å². The maximum absolute atomic E-state index is 5.08. The summed E-state index contributed by atoms with van der Waals surface area (Å²) in [5.74, 6) is 1.97. The van der Waals surface area contributed by atoms with Crippen molar-refractivity contribution in [3.05, 3.63) is 35.0 Å². The average Bonchev–Trinajstić information content (AvgIpc) is 3.18. The lowest BCUT2D eigenvalue weighted by molar-refractivity contribution is -0.876. The molecule has 0 amide bonds. The van der Waals surface area contributed by atoms with Gasteiger partial charge in [-0.3, -0.25) is 4.98 Å². The zero-order valence-electron chi connectivity index (χ0n) is 15.2. The Kier molecular flexibility index (Phi) is 4.10. The van der Waals surface area contributed by atoms with Gasteiger partial charge in [0, 0.05) is 35.8 Å². The number of hydrogen-bond donors (Lipinski definition) is 1. The first-order chi connectivity index (χ1) is 12.8. The smallest absolute Gasteiger partial charge is 0.164 e. The lowest BCUT2D eigenvalue weighted by Crippen LogP contribution is -3.09. The molecule has 1 unspecified atom stereocenters. The van der Waals surface area contributed by atoms with E-state index in [1.165, 1.54) is 54.6 Å². The first-order valence-corrected chi connectivity index (χ1v) is 10.4. The van der Waals surface area contributed by atoms with Crippen LogP contribution in [0.4, 0.5) is 5.82 Å². The Morgan fingerprint density at radius 3 is 2.96 bits per heavy atom. The number of hydrogen-bond acceptors (Lipinski definition) is 5. The van der Waals surface area contributed by atoms with Crippen LogP contribution in [0.3, 0.4) is 0 Å². The predicted molar refractivity (Wildman–Crippen MR) is 106 cm³/mol. The minimum atomic E-state index is 0.811. The van der Waals surface area contributed by atoms with Crippen LogP contribution in [0.5, 0.6) is 0 Å². The highest BCUT2D eigenvalue weighted by molar-refractivity contribution is 7.19. The second-order valence-corrected chi connectivity index (χ2v) is 8.53. The van der Waals surface area contributed by atoms with E-state index in [1.807, 2.05) is 23.6 Å². The quantitative estimate of drug-likeness (QED) is 0.753. The molecule has 0 radical (unpaired) electrons. The summed E-state index contributed by atoms with van der Waals surface area (Å²) in [5.41, 5.74) is 2.52. The molecule has 1 aliphatic carbocycles. The number of likely N-dealkylation sites (N-methyl/N-ethyl adjacent to an activating group) is 1. The highest BCUT2D eigenvalue weighted by Crippen LogP contribution is 2.41. The molecule has 134 valence electrons. The topological polar surface area (TPSA) is 46.4 Å². The Labute approximate surface area is 157 Å². The van der Waals surface area contributed by atoms with Gasteiger partial charge in [-0.05, 0) is 37.0 Å². The molecule has 1 N–H and O–H groups in total. The van der Waals surface area contributed by atoms with E-state index < -0.39 is 0 Å². The van der Waals surface area contributed by atoms with Gasteiger partial charge in [-0.1, -0.05) is 0 Å². The van der Waals surface area contributed by atoms with Gasteiger partial charge in [-0.15, -0.1) is 11.3 Å². The number of rotatable bonds is 2. The molecule has 5 rings (SSSR count). The van der Waals surface area contributed by atoms with Crippen LogP contribution < -0.4 is 9.80 Å². The molecule has 1 fully saturated rings. The maximum atomic E-state index is 5.08. The summed E-state index contributed by atoms with van der Waals surface area (Å²) in [6, 6.07) is 4.01. The molecule has 26 heavy (non-hydrogen) atoms. The summed E-state index contributed by atoms with van der Waals surface area (Å²) >= 11 is 1.88. The van der Waals surface area contributed by atoms with Gasteiger partial charge >= 0.3 is 0 Å². The fraction of sp³-hybridized carbons (Fsp3) is 0.450. The molecule has 2 aliphatic rings. The first kappa shape index (κ1) is 16.1. The minimum Gasteiger partial charge on any atom is -0.350 e. The largest absolute Gasteiger partial charge is 0.350 e. The third kappa shape index (κ3) is 2.77. The standard InChI is InChI=1S/C20H23N5S/c1-24-9-4-10-25(12-11-24)19-17-15-6-2-7-16(15)26-20(17)23-18(22-19)14-5-3-8-21-13-14/h3,5,8,13H,2,4,6-7,9-12H2,1H3/p+1. The van der Waals surface area contributed by atoms with Crippen LogP contribution in [-0.2, 0) is 12.8 Å². The third-order valence-electron chi connectivity index (χ3n) is 5.60. The molecule has 0 spiro atoms. The number of pyridine rings is 1. The fourth-order valence-electron chi connectivity index (χ4n) is 4.18. The van der Waals surface area contributed by atoms with Crippen molar-refractivity contribution >= 4 is 27.4 Å². The number of nitrogens with zero attached hydrogens (tertiary/aromatic N) is 4. The number of thiophene rings is 1. The van der Waals surface area contributed by atoms with Gasteiger partial charge in [-0.25, -0.2) is 9.97 Å². The van der Waals surface area contributed by atoms with Gasteiger partial charge in [-0.2, -0.15) is 0 Å². The molecular formula is C20H24N5S+. The van der Waals surface area contributed by atoms with Gasteiger partial charge in [0.25, 0.3) is 0 Å². The minimum absolute atomic E-state index is 0.811. The van der Waals surface area contributed by atoms with E-state index in [2.05, 4.69) is 23.0 Å². The Bertz CT molecular complexity index is 936. The molecule has 6 heteroatoms. The van der Waals surface area contributed by atoms with E-state index in [1.54, 1.807) is 11.1 Å². The third-order valence-corrected chi connectivity index (χ3v) is 6.79. The molecule has 1 aliphatic heterocycles. The number of quaternary nitrogens is 1. The monoisotopic (exact) mass is 366 g/mol. The summed E-state index contributed by atoms with van der Waals surface area (Å²) in [4.78, 5) is 21.1. The molecule has 0 aromatic carbocycles. The Morgan fingerprint density at radius 2 is 2.08 bits per heavy atom. The van der Waals surface area contributed by atoms with E-state index in [4.69, 9.17) is 9.97 Å². The molecule has 3 aromatic heterocycles. The van der Waals surface area contributed by atoms with E-state index >= 15 is 0 Å². The lowest BCUT2D eigenvalue weighted by atomic mass is 10.1. The van der Waals surface area contributed by atoms with Gasteiger partial charge < -0.3 is 9.80 Å². The normalized spacial score (nSPS) is 20.3. The van der Waals surface area contributed by atoms with Crippen molar-refractivity contribution < 1.29 is 4.90 Å². The summed E-state index contributed by atoms with van der Waals surface area (Å²) in [7, 11) is 2.29. The van der Waals surface area contributed by atoms with Crippen LogP contribution in [0.25, 0.3) is 21.6 Å². The van der Waals surface area contributed by atoms with Gasteiger partial charge in [0.05, 0.1) is 32.1 Å².